The fourth-order valence-electron chi connectivity index (χ4n) is 3.80. The second-order valence-electron chi connectivity index (χ2n) is 7.54. The van der Waals surface area contributed by atoms with Crippen LogP contribution in [0, 0.1) is 5.92 Å². The highest BCUT2D eigenvalue weighted by atomic mass is 32.2. The van der Waals surface area contributed by atoms with E-state index < -0.39 is 10.0 Å². The Morgan fingerprint density at radius 1 is 1.29 bits per heavy atom. The molecular weight excluding hydrogens is 372 g/mol. The summed E-state index contributed by atoms with van der Waals surface area (Å²) in [5, 5.41) is 3.40. The Labute approximate surface area is 171 Å². The molecule has 1 saturated heterocycles. The van der Waals surface area contributed by atoms with E-state index in [9.17, 15) is 8.42 Å². The molecule has 2 unspecified atom stereocenters. The van der Waals surface area contributed by atoms with Gasteiger partial charge in [-0.1, -0.05) is 37.3 Å². The normalized spacial score (nSPS) is 21.2. The van der Waals surface area contributed by atoms with Crippen molar-refractivity contribution in [1.82, 2.24) is 14.5 Å². The highest BCUT2D eigenvalue weighted by Gasteiger charge is 2.28. The first-order valence-corrected chi connectivity index (χ1v) is 12.0. The van der Waals surface area contributed by atoms with Crippen molar-refractivity contribution in [2.75, 3.05) is 45.5 Å². The van der Waals surface area contributed by atoms with Crippen LogP contribution in [0.3, 0.4) is 0 Å². The zero-order valence-corrected chi connectivity index (χ0v) is 18.6. The largest absolute Gasteiger partial charge is 0.357 e. The molecule has 2 rings (SSSR count). The van der Waals surface area contributed by atoms with E-state index in [2.05, 4.69) is 54.4 Å². The monoisotopic (exact) mass is 408 g/mol. The molecule has 1 aromatic rings. The van der Waals surface area contributed by atoms with Crippen molar-refractivity contribution >= 4 is 16.0 Å². The van der Waals surface area contributed by atoms with Crippen LogP contribution in [0.2, 0.25) is 0 Å². The van der Waals surface area contributed by atoms with Gasteiger partial charge in [0.2, 0.25) is 10.0 Å². The number of aliphatic imine (C=N–C) groups is 1. The van der Waals surface area contributed by atoms with Gasteiger partial charge in [-0.25, -0.2) is 12.7 Å². The summed E-state index contributed by atoms with van der Waals surface area (Å²) in [6.07, 6.45) is 1.84. The van der Waals surface area contributed by atoms with Crippen LogP contribution in [0.4, 0.5) is 0 Å². The predicted molar refractivity (Wildman–Crippen MR) is 117 cm³/mol. The summed E-state index contributed by atoms with van der Waals surface area (Å²) in [5.74, 6) is 2.24. The standard InChI is InChI=1S/C21H36N4O2S/c1-5-22-21(23-14-10-15-24(4)28(26,27)6-2)25-16-13-20(18(3)17-25)19-11-8-7-9-12-19/h7-9,11-12,18,20H,5-6,10,13-17H2,1-4H3,(H,22,23). The number of guanidine groups is 1. The van der Waals surface area contributed by atoms with Crippen molar-refractivity contribution in [2.24, 2.45) is 10.9 Å². The summed E-state index contributed by atoms with van der Waals surface area (Å²) in [5.41, 5.74) is 1.43. The molecule has 1 fully saturated rings. The molecule has 28 heavy (non-hydrogen) atoms. The summed E-state index contributed by atoms with van der Waals surface area (Å²) >= 11 is 0. The van der Waals surface area contributed by atoms with Crippen molar-refractivity contribution in [2.45, 2.75) is 39.5 Å². The number of rotatable bonds is 8. The van der Waals surface area contributed by atoms with E-state index >= 15 is 0 Å². The number of hydrogen-bond donors (Lipinski definition) is 1. The summed E-state index contributed by atoms with van der Waals surface area (Å²) < 4.78 is 25.1. The molecule has 0 saturated carbocycles. The van der Waals surface area contributed by atoms with E-state index in [1.165, 1.54) is 9.87 Å². The van der Waals surface area contributed by atoms with E-state index in [-0.39, 0.29) is 5.75 Å². The van der Waals surface area contributed by atoms with Gasteiger partial charge in [0.15, 0.2) is 5.96 Å². The number of nitrogens with zero attached hydrogens (tertiary/aromatic N) is 3. The lowest BCUT2D eigenvalue weighted by Crippen LogP contribution is -2.48. The molecule has 158 valence electrons. The Kier molecular flexibility index (Phi) is 8.76. The second kappa shape index (κ2) is 10.8. The number of likely N-dealkylation sites (tertiary alicyclic amines) is 1. The average molecular weight is 409 g/mol. The average Bonchev–Trinajstić information content (AvgIpc) is 2.70. The molecular formula is C21H36N4O2S. The molecule has 2 atom stereocenters. The van der Waals surface area contributed by atoms with Gasteiger partial charge in [0.05, 0.1) is 5.75 Å². The topological polar surface area (TPSA) is 65.0 Å². The Bertz CT molecular complexity index is 721. The minimum atomic E-state index is -3.11. The van der Waals surface area contributed by atoms with Gasteiger partial charge >= 0.3 is 0 Å². The molecule has 0 aliphatic carbocycles. The van der Waals surface area contributed by atoms with Crippen LogP contribution < -0.4 is 5.32 Å². The van der Waals surface area contributed by atoms with Gasteiger partial charge in [-0.15, -0.1) is 0 Å². The molecule has 0 spiro atoms. The van der Waals surface area contributed by atoms with Gasteiger partial charge in [0.1, 0.15) is 0 Å². The summed E-state index contributed by atoms with van der Waals surface area (Å²) in [7, 11) is -1.47. The van der Waals surface area contributed by atoms with Gasteiger partial charge < -0.3 is 10.2 Å². The first kappa shape index (κ1) is 22.7. The molecule has 6 nitrogen and oxygen atoms in total. The van der Waals surface area contributed by atoms with Crippen LogP contribution >= 0.6 is 0 Å². The highest BCUT2D eigenvalue weighted by Crippen LogP contribution is 2.32. The zero-order chi connectivity index (χ0) is 20.6. The zero-order valence-electron chi connectivity index (χ0n) is 17.8. The Balaban J connectivity index is 1.92. The maximum absolute atomic E-state index is 11.8. The lowest BCUT2D eigenvalue weighted by Gasteiger charge is -2.39. The summed E-state index contributed by atoms with van der Waals surface area (Å²) in [6.45, 7) is 10.00. The maximum atomic E-state index is 11.8. The van der Waals surface area contributed by atoms with Crippen molar-refractivity contribution in [1.29, 1.82) is 0 Å². The van der Waals surface area contributed by atoms with E-state index in [0.717, 1.165) is 38.4 Å². The number of nitrogens with one attached hydrogen (secondary N) is 1. The van der Waals surface area contributed by atoms with Gasteiger partial charge in [-0.2, -0.15) is 0 Å². The fourth-order valence-corrected chi connectivity index (χ4v) is 4.65. The van der Waals surface area contributed by atoms with Crippen LogP contribution in [0.1, 0.15) is 45.1 Å². The third-order valence-electron chi connectivity index (χ3n) is 5.50. The van der Waals surface area contributed by atoms with E-state index in [4.69, 9.17) is 4.99 Å². The molecule has 1 N–H and O–H groups in total. The minimum Gasteiger partial charge on any atom is -0.357 e. The van der Waals surface area contributed by atoms with Crippen molar-refractivity contribution in [3.8, 4) is 0 Å². The van der Waals surface area contributed by atoms with Crippen LogP contribution in [-0.4, -0.2) is 69.1 Å². The Morgan fingerprint density at radius 2 is 2.00 bits per heavy atom. The lowest BCUT2D eigenvalue weighted by atomic mass is 9.82. The van der Waals surface area contributed by atoms with Crippen molar-refractivity contribution in [3.63, 3.8) is 0 Å². The number of piperidine rings is 1. The second-order valence-corrected chi connectivity index (χ2v) is 9.90. The third kappa shape index (κ3) is 6.21. The van der Waals surface area contributed by atoms with E-state index in [1.54, 1.807) is 14.0 Å². The van der Waals surface area contributed by atoms with Gasteiger partial charge in [0.25, 0.3) is 0 Å². The SMILES string of the molecule is CCNC(=NCCCN(C)S(=O)(=O)CC)N1CCC(c2ccccc2)C(C)C1. The first-order valence-electron chi connectivity index (χ1n) is 10.4. The predicted octanol–water partition coefficient (Wildman–Crippen LogP) is 2.75. The highest BCUT2D eigenvalue weighted by molar-refractivity contribution is 7.89. The third-order valence-corrected chi connectivity index (χ3v) is 7.36. The first-order chi connectivity index (χ1) is 13.4. The van der Waals surface area contributed by atoms with Crippen LogP contribution in [0.25, 0.3) is 0 Å². The number of hydrogen-bond acceptors (Lipinski definition) is 3. The number of sulfonamides is 1. The van der Waals surface area contributed by atoms with Gasteiger partial charge in [-0.05, 0) is 44.1 Å². The molecule has 1 heterocycles. The smallest absolute Gasteiger partial charge is 0.213 e. The molecule has 0 amide bonds. The minimum absolute atomic E-state index is 0.143. The van der Waals surface area contributed by atoms with Gasteiger partial charge in [0, 0.05) is 39.8 Å². The number of benzene rings is 1. The molecule has 1 aromatic carbocycles. The van der Waals surface area contributed by atoms with Crippen molar-refractivity contribution < 1.29 is 8.42 Å². The van der Waals surface area contributed by atoms with Crippen LogP contribution in [0.5, 0.6) is 0 Å². The molecule has 0 radical (unpaired) electrons. The molecule has 7 heteroatoms. The Morgan fingerprint density at radius 3 is 2.61 bits per heavy atom. The molecule has 1 aliphatic heterocycles. The fraction of sp³-hybridized carbons (Fsp3) is 0.667. The van der Waals surface area contributed by atoms with Crippen molar-refractivity contribution in [3.05, 3.63) is 35.9 Å². The van der Waals surface area contributed by atoms with Crippen LogP contribution in [0.15, 0.2) is 35.3 Å². The van der Waals surface area contributed by atoms with E-state index in [0.29, 0.717) is 24.9 Å². The van der Waals surface area contributed by atoms with E-state index in [1.807, 2.05) is 0 Å². The quantitative estimate of drug-likeness (QED) is 0.408. The molecule has 0 aromatic heterocycles. The van der Waals surface area contributed by atoms with Crippen LogP contribution in [-0.2, 0) is 10.0 Å². The maximum Gasteiger partial charge on any atom is 0.213 e. The van der Waals surface area contributed by atoms with Gasteiger partial charge in [-0.3, -0.25) is 4.99 Å². The molecule has 0 bridgehead atoms. The molecule has 1 aliphatic rings. The lowest BCUT2D eigenvalue weighted by molar-refractivity contribution is 0.234. The Hall–Kier alpha value is -1.60. The summed E-state index contributed by atoms with van der Waals surface area (Å²) in [4.78, 5) is 7.11. The summed E-state index contributed by atoms with van der Waals surface area (Å²) in [6, 6.07) is 10.8.